The molecule has 0 saturated carbocycles. The van der Waals surface area contributed by atoms with Crippen molar-refractivity contribution >= 4 is 33.7 Å². The van der Waals surface area contributed by atoms with Gasteiger partial charge in [-0.25, -0.2) is 9.78 Å². The number of aryl methyl sites for hydroxylation is 1. The summed E-state index contributed by atoms with van der Waals surface area (Å²) in [4.78, 5) is 40.0. The van der Waals surface area contributed by atoms with Crippen molar-refractivity contribution in [2.45, 2.75) is 6.92 Å². The van der Waals surface area contributed by atoms with Gasteiger partial charge in [0.05, 0.1) is 5.52 Å². The molecule has 30 heavy (non-hydrogen) atoms. The summed E-state index contributed by atoms with van der Waals surface area (Å²) >= 11 is 0. The SMILES string of the molecule is Cc1cc(=O)oc2cc(OCC(=O)NNC(=O)c3ccc4ccccc4n3)ccc12. The molecule has 2 amide bonds. The molecule has 8 nitrogen and oxygen atoms in total. The Bertz CT molecular complexity index is 1330. The summed E-state index contributed by atoms with van der Waals surface area (Å²) in [6, 6.07) is 17.1. The number of aromatic nitrogens is 1. The zero-order valence-corrected chi connectivity index (χ0v) is 16.0. The second-order valence-electron chi connectivity index (χ2n) is 6.59. The average molecular weight is 403 g/mol. The predicted octanol–water partition coefficient (Wildman–Crippen LogP) is 2.49. The van der Waals surface area contributed by atoms with Gasteiger partial charge in [-0.15, -0.1) is 0 Å². The summed E-state index contributed by atoms with van der Waals surface area (Å²) in [5.41, 5.74) is 6.13. The number of carbonyl (C=O) groups is 2. The molecular weight excluding hydrogens is 386 g/mol. The Hall–Kier alpha value is -4.20. The lowest BCUT2D eigenvalue weighted by molar-refractivity contribution is -0.123. The second-order valence-corrected chi connectivity index (χ2v) is 6.59. The molecule has 4 aromatic rings. The highest BCUT2D eigenvalue weighted by Crippen LogP contribution is 2.22. The van der Waals surface area contributed by atoms with Gasteiger partial charge in [0.2, 0.25) is 0 Å². The molecule has 0 aliphatic heterocycles. The molecule has 2 N–H and O–H groups in total. The van der Waals surface area contributed by atoms with Gasteiger partial charge in [-0.05, 0) is 36.8 Å². The Morgan fingerprint density at radius 1 is 1.03 bits per heavy atom. The molecule has 0 saturated heterocycles. The number of pyridine rings is 1. The number of carbonyl (C=O) groups excluding carboxylic acids is 2. The number of amides is 2. The van der Waals surface area contributed by atoms with Gasteiger partial charge < -0.3 is 9.15 Å². The monoisotopic (exact) mass is 403 g/mol. The molecule has 4 rings (SSSR count). The van der Waals surface area contributed by atoms with Gasteiger partial charge in [0.15, 0.2) is 6.61 Å². The van der Waals surface area contributed by atoms with Crippen molar-refractivity contribution in [1.29, 1.82) is 0 Å². The van der Waals surface area contributed by atoms with Crippen molar-refractivity contribution in [3.8, 4) is 5.75 Å². The minimum absolute atomic E-state index is 0.176. The number of para-hydroxylation sites is 1. The first-order valence-electron chi connectivity index (χ1n) is 9.12. The standard InChI is InChI=1S/C22H17N3O5/c1-13-10-21(27)30-19-11-15(7-8-16(13)19)29-12-20(26)24-25-22(28)18-9-6-14-4-2-3-5-17(14)23-18/h2-11H,12H2,1H3,(H,24,26)(H,25,28). The van der Waals surface area contributed by atoms with E-state index in [1.54, 1.807) is 37.3 Å². The Balaban J connectivity index is 1.35. The zero-order chi connectivity index (χ0) is 21.1. The maximum absolute atomic E-state index is 12.2. The molecule has 150 valence electrons. The van der Waals surface area contributed by atoms with Gasteiger partial charge in [-0.1, -0.05) is 24.3 Å². The number of rotatable bonds is 4. The van der Waals surface area contributed by atoms with Gasteiger partial charge in [0, 0.05) is 22.9 Å². The highest BCUT2D eigenvalue weighted by atomic mass is 16.5. The highest BCUT2D eigenvalue weighted by Gasteiger charge is 2.11. The number of nitrogens with one attached hydrogen (secondary N) is 2. The number of hydrazine groups is 1. The van der Waals surface area contributed by atoms with Crippen molar-refractivity contribution in [1.82, 2.24) is 15.8 Å². The van der Waals surface area contributed by atoms with Gasteiger partial charge in [0.1, 0.15) is 17.0 Å². The summed E-state index contributed by atoms with van der Waals surface area (Å²) in [7, 11) is 0. The van der Waals surface area contributed by atoms with Crippen LogP contribution >= 0.6 is 0 Å². The molecule has 2 heterocycles. The number of hydrogen-bond acceptors (Lipinski definition) is 6. The lowest BCUT2D eigenvalue weighted by atomic mass is 10.1. The molecule has 0 radical (unpaired) electrons. The van der Waals surface area contributed by atoms with Gasteiger partial charge in [-0.2, -0.15) is 0 Å². The number of ether oxygens (including phenoxy) is 1. The summed E-state index contributed by atoms with van der Waals surface area (Å²) in [6.45, 7) is 1.47. The van der Waals surface area contributed by atoms with E-state index in [1.165, 1.54) is 12.1 Å². The van der Waals surface area contributed by atoms with Crippen LogP contribution in [-0.2, 0) is 4.79 Å². The second kappa shape index (κ2) is 8.04. The van der Waals surface area contributed by atoms with Crippen LogP contribution in [0.4, 0.5) is 0 Å². The molecule has 0 unspecified atom stereocenters. The van der Waals surface area contributed by atoms with E-state index >= 15 is 0 Å². The van der Waals surface area contributed by atoms with Crippen molar-refractivity contribution < 1.29 is 18.7 Å². The molecule has 0 atom stereocenters. The lowest BCUT2D eigenvalue weighted by Crippen LogP contribution is -2.44. The van der Waals surface area contributed by atoms with E-state index in [0.29, 0.717) is 16.8 Å². The van der Waals surface area contributed by atoms with Crippen molar-refractivity contribution in [3.05, 3.63) is 82.3 Å². The van der Waals surface area contributed by atoms with E-state index in [1.807, 2.05) is 18.2 Å². The third-order valence-electron chi connectivity index (χ3n) is 4.44. The van der Waals surface area contributed by atoms with E-state index < -0.39 is 17.4 Å². The molecule has 0 aliphatic rings. The molecule has 0 fully saturated rings. The summed E-state index contributed by atoms with van der Waals surface area (Å²) < 4.78 is 10.6. The molecule has 0 aliphatic carbocycles. The molecule has 0 spiro atoms. The Morgan fingerprint density at radius 3 is 2.73 bits per heavy atom. The van der Waals surface area contributed by atoms with E-state index in [4.69, 9.17) is 9.15 Å². The number of hydrogen-bond donors (Lipinski definition) is 2. The Kier molecular flexibility index (Phi) is 5.13. The topological polar surface area (TPSA) is 111 Å². The normalized spacial score (nSPS) is 10.7. The largest absolute Gasteiger partial charge is 0.484 e. The molecule has 2 aromatic carbocycles. The first-order valence-corrected chi connectivity index (χ1v) is 9.12. The zero-order valence-electron chi connectivity index (χ0n) is 16.0. The van der Waals surface area contributed by atoms with Crippen LogP contribution < -0.4 is 21.2 Å². The van der Waals surface area contributed by atoms with Crippen molar-refractivity contribution in [3.63, 3.8) is 0 Å². The fourth-order valence-electron chi connectivity index (χ4n) is 2.96. The number of benzene rings is 2. The van der Waals surface area contributed by atoms with Crippen LogP contribution in [-0.4, -0.2) is 23.4 Å². The number of nitrogens with zero attached hydrogens (tertiary/aromatic N) is 1. The minimum Gasteiger partial charge on any atom is -0.484 e. The molecule has 2 aromatic heterocycles. The van der Waals surface area contributed by atoms with Crippen LogP contribution in [0.1, 0.15) is 16.1 Å². The third-order valence-corrected chi connectivity index (χ3v) is 4.44. The average Bonchev–Trinajstić information content (AvgIpc) is 2.75. The fraction of sp³-hybridized carbons (Fsp3) is 0.0909. The van der Waals surface area contributed by atoms with Crippen LogP contribution in [0.25, 0.3) is 21.9 Å². The maximum Gasteiger partial charge on any atom is 0.336 e. The quantitative estimate of drug-likeness (QED) is 0.400. The van der Waals surface area contributed by atoms with Crippen LogP contribution in [0.5, 0.6) is 5.75 Å². The smallest absolute Gasteiger partial charge is 0.336 e. The van der Waals surface area contributed by atoms with Crippen LogP contribution in [0.3, 0.4) is 0 Å². The Labute approximate surface area is 170 Å². The van der Waals surface area contributed by atoms with Crippen LogP contribution in [0.2, 0.25) is 0 Å². The number of fused-ring (bicyclic) bond motifs is 2. The lowest BCUT2D eigenvalue weighted by Gasteiger charge is -2.09. The van der Waals surface area contributed by atoms with Gasteiger partial charge in [-0.3, -0.25) is 20.4 Å². The minimum atomic E-state index is -0.560. The van der Waals surface area contributed by atoms with Crippen LogP contribution in [0.15, 0.2) is 69.9 Å². The summed E-state index contributed by atoms with van der Waals surface area (Å²) in [5, 5.41) is 1.69. The summed E-state index contributed by atoms with van der Waals surface area (Å²) in [6.07, 6.45) is 0. The molecular formula is C22H17N3O5. The van der Waals surface area contributed by atoms with Crippen molar-refractivity contribution in [2.75, 3.05) is 6.61 Å². The summed E-state index contributed by atoms with van der Waals surface area (Å²) in [5.74, 6) is -0.749. The van der Waals surface area contributed by atoms with Crippen molar-refractivity contribution in [2.24, 2.45) is 0 Å². The van der Waals surface area contributed by atoms with E-state index in [2.05, 4.69) is 15.8 Å². The molecule has 0 bridgehead atoms. The van der Waals surface area contributed by atoms with E-state index in [-0.39, 0.29) is 12.3 Å². The fourth-order valence-corrected chi connectivity index (χ4v) is 2.96. The van der Waals surface area contributed by atoms with E-state index in [0.717, 1.165) is 16.3 Å². The van der Waals surface area contributed by atoms with Gasteiger partial charge in [0.25, 0.3) is 11.8 Å². The maximum atomic E-state index is 12.2. The van der Waals surface area contributed by atoms with E-state index in [9.17, 15) is 14.4 Å². The highest BCUT2D eigenvalue weighted by molar-refractivity contribution is 5.96. The van der Waals surface area contributed by atoms with Gasteiger partial charge >= 0.3 is 5.63 Å². The third kappa shape index (κ3) is 4.12. The molecule has 8 heteroatoms. The first-order chi connectivity index (χ1) is 14.5. The first kappa shape index (κ1) is 19.1. The Morgan fingerprint density at radius 2 is 1.87 bits per heavy atom. The van der Waals surface area contributed by atoms with Crippen LogP contribution in [0, 0.1) is 6.92 Å². The predicted molar refractivity (Wildman–Crippen MR) is 110 cm³/mol.